The lowest BCUT2D eigenvalue weighted by Gasteiger charge is -2.14. The predicted octanol–water partition coefficient (Wildman–Crippen LogP) is 3.88. The zero-order chi connectivity index (χ0) is 12.5. The van der Waals surface area contributed by atoms with Crippen LogP contribution in [-0.2, 0) is 12.8 Å². The van der Waals surface area contributed by atoms with Gasteiger partial charge < -0.3 is 5.32 Å². The van der Waals surface area contributed by atoms with Gasteiger partial charge in [-0.3, -0.25) is 0 Å². The largest absolute Gasteiger partial charge is 0.381 e. The fraction of sp³-hybridized carbons (Fsp3) is 0.294. The highest BCUT2D eigenvalue weighted by Crippen LogP contribution is 2.27. The number of fused-ring (bicyclic) bond motifs is 1. The van der Waals surface area contributed by atoms with Crippen molar-refractivity contribution >= 4 is 5.69 Å². The summed E-state index contributed by atoms with van der Waals surface area (Å²) >= 11 is 0. The number of benzene rings is 2. The number of anilines is 1. The number of rotatable bonds is 2. The molecule has 0 fully saturated rings. The minimum Gasteiger partial charge on any atom is -0.381 e. The maximum Gasteiger partial charge on any atom is 0.0375 e. The van der Waals surface area contributed by atoms with Crippen LogP contribution in [0, 0.1) is 13.8 Å². The molecule has 18 heavy (non-hydrogen) atoms. The van der Waals surface area contributed by atoms with Gasteiger partial charge in [-0.2, -0.15) is 0 Å². The quantitative estimate of drug-likeness (QED) is 0.835. The van der Waals surface area contributed by atoms with Crippen LogP contribution in [0.5, 0.6) is 0 Å². The number of nitrogens with one attached hydrogen (secondary N) is 1. The molecule has 0 spiro atoms. The second-order valence-electron chi connectivity index (χ2n) is 5.34. The fourth-order valence-corrected chi connectivity index (χ4v) is 2.78. The Kier molecular flexibility index (Phi) is 2.83. The van der Waals surface area contributed by atoms with Gasteiger partial charge in [-0.1, -0.05) is 42.0 Å². The molecule has 1 atom stereocenters. The highest BCUT2D eigenvalue weighted by molar-refractivity contribution is 5.57. The first-order valence-electron chi connectivity index (χ1n) is 6.63. The van der Waals surface area contributed by atoms with Crippen LogP contribution in [0.25, 0.3) is 0 Å². The van der Waals surface area contributed by atoms with Crippen LogP contribution in [0.4, 0.5) is 5.69 Å². The molecule has 0 aromatic heterocycles. The third kappa shape index (κ3) is 2.13. The molecule has 0 radical (unpaired) electrons. The summed E-state index contributed by atoms with van der Waals surface area (Å²) in [6.45, 7) is 4.37. The van der Waals surface area contributed by atoms with Crippen LogP contribution in [0.2, 0.25) is 0 Å². The maximum absolute atomic E-state index is 3.63. The predicted molar refractivity (Wildman–Crippen MR) is 77.2 cm³/mol. The Hall–Kier alpha value is -1.76. The maximum atomic E-state index is 3.63. The highest BCUT2D eigenvalue weighted by atomic mass is 14.9. The van der Waals surface area contributed by atoms with Gasteiger partial charge in [0.15, 0.2) is 0 Å². The van der Waals surface area contributed by atoms with Crippen molar-refractivity contribution in [2.75, 3.05) is 5.32 Å². The van der Waals surface area contributed by atoms with Crippen molar-refractivity contribution in [3.05, 3.63) is 64.7 Å². The minimum absolute atomic E-state index is 0.544. The van der Waals surface area contributed by atoms with Gasteiger partial charge >= 0.3 is 0 Å². The van der Waals surface area contributed by atoms with E-state index in [1.807, 2.05) is 0 Å². The van der Waals surface area contributed by atoms with Gasteiger partial charge in [0.05, 0.1) is 0 Å². The summed E-state index contributed by atoms with van der Waals surface area (Å²) in [6.07, 6.45) is 2.26. The molecule has 1 aliphatic rings. The van der Waals surface area contributed by atoms with Gasteiger partial charge in [-0.15, -0.1) is 0 Å². The molecule has 1 heterocycles. The molecule has 0 aliphatic carbocycles. The zero-order valence-corrected chi connectivity index (χ0v) is 11.0. The summed E-state index contributed by atoms with van der Waals surface area (Å²) in [4.78, 5) is 0. The molecule has 1 nitrogen and oxygen atoms in total. The highest BCUT2D eigenvalue weighted by Gasteiger charge is 2.20. The summed E-state index contributed by atoms with van der Waals surface area (Å²) < 4.78 is 0. The van der Waals surface area contributed by atoms with Gasteiger partial charge in [0.2, 0.25) is 0 Å². The van der Waals surface area contributed by atoms with Crippen LogP contribution < -0.4 is 5.32 Å². The molecule has 1 heteroatoms. The van der Waals surface area contributed by atoms with E-state index in [0.717, 1.165) is 12.8 Å². The molecule has 2 aromatic rings. The monoisotopic (exact) mass is 237 g/mol. The zero-order valence-electron chi connectivity index (χ0n) is 11.0. The molecule has 92 valence electrons. The van der Waals surface area contributed by atoms with E-state index >= 15 is 0 Å². The van der Waals surface area contributed by atoms with Gasteiger partial charge in [0.25, 0.3) is 0 Å². The molecular weight excluding hydrogens is 218 g/mol. The van der Waals surface area contributed by atoms with Gasteiger partial charge in [0.1, 0.15) is 0 Å². The molecular formula is C17H19N. The number of aryl methyl sites for hydroxylation is 2. The summed E-state index contributed by atoms with van der Waals surface area (Å²) in [7, 11) is 0. The summed E-state index contributed by atoms with van der Waals surface area (Å²) in [5.41, 5.74) is 6.99. The van der Waals surface area contributed by atoms with Crippen LogP contribution in [-0.4, -0.2) is 6.04 Å². The standard InChI is InChI=1S/C17H19N/c1-12-7-8-13(2)15(9-12)11-16-10-14-5-3-4-6-17(14)18-16/h3-9,16,18H,10-11H2,1-2H3. The van der Waals surface area contributed by atoms with E-state index in [9.17, 15) is 0 Å². The lowest BCUT2D eigenvalue weighted by Crippen LogP contribution is -2.19. The van der Waals surface area contributed by atoms with Crippen LogP contribution in [0.1, 0.15) is 22.3 Å². The van der Waals surface area contributed by atoms with Crippen LogP contribution >= 0.6 is 0 Å². The summed E-state index contributed by atoms with van der Waals surface area (Å²) in [5.74, 6) is 0. The lowest BCUT2D eigenvalue weighted by molar-refractivity contribution is 0.742. The first kappa shape index (κ1) is 11.3. The van der Waals surface area contributed by atoms with E-state index in [2.05, 4.69) is 61.6 Å². The van der Waals surface area contributed by atoms with E-state index in [1.54, 1.807) is 0 Å². The van der Waals surface area contributed by atoms with E-state index in [1.165, 1.54) is 27.9 Å². The number of para-hydroxylation sites is 1. The number of hydrogen-bond acceptors (Lipinski definition) is 1. The molecule has 1 aliphatic heterocycles. The minimum atomic E-state index is 0.544. The average Bonchev–Trinajstić information content (AvgIpc) is 2.76. The van der Waals surface area contributed by atoms with Crippen molar-refractivity contribution in [1.82, 2.24) is 0 Å². The van der Waals surface area contributed by atoms with Crippen LogP contribution in [0.15, 0.2) is 42.5 Å². The van der Waals surface area contributed by atoms with Crippen molar-refractivity contribution in [2.45, 2.75) is 32.7 Å². The number of hydrogen-bond donors (Lipinski definition) is 1. The second kappa shape index (κ2) is 4.49. The summed E-state index contributed by atoms with van der Waals surface area (Å²) in [5, 5.41) is 3.63. The van der Waals surface area contributed by atoms with Crippen molar-refractivity contribution in [1.29, 1.82) is 0 Å². The Balaban J connectivity index is 1.78. The molecule has 0 saturated heterocycles. The van der Waals surface area contributed by atoms with E-state index in [0.29, 0.717) is 6.04 Å². The van der Waals surface area contributed by atoms with Gasteiger partial charge in [-0.25, -0.2) is 0 Å². The fourth-order valence-electron chi connectivity index (χ4n) is 2.78. The molecule has 0 bridgehead atoms. The Bertz CT molecular complexity index is 547. The second-order valence-corrected chi connectivity index (χ2v) is 5.34. The van der Waals surface area contributed by atoms with E-state index < -0.39 is 0 Å². The summed E-state index contributed by atoms with van der Waals surface area (Å²) in [6, 6.07) is 15.9. The molecule has 2 aromatic carbocycles. The Labute approximate surface area is 109 Å². The Morgan fingerprint density at radius 3 is 2.78 bits per heavy atom. The molecule has 3 rings (SSSR count). The third-order valence-corrected chi connectivity index (χ3v) is 3.81. The Morgan fingerprint density at radius 1 is 1.11 bits per heavy atom. The smallest absolute Gasteiger partial charge is 0.0375 e. The first-order valence-corrected chi connectivity index (χ1v) is 6.63. The third-order valence-electron chi connectivity index (χ3n) is 3.81. The van der Waals surface area contributed by atoms with Gasteiger partial charge in [-0.05, 0) is 49.4 Å². The molecule has 0 saturated carbocycles. The van der Waals surface area contributed by atoms with Crippen molar-refractivity contribution in [2.24, 2.45) is 0 Å². The van der Waals surface area contributed by atoms with Crippen molar-refractivity contribution in [3.63, 3.8) is 0 Å². The van der Waals surface area contributed by atoms with E-state index in [4.69, 9.17) is 0 Å². The molecule has 1 unspecified atom stereocenters. The molecule has 1 N–H and O–H groups in total. The van der Waals surface area contributed by atoms with Crippen molar-refractivity contribution in [3.8, 4) is 0 Å². The molecule has 0 amide bonds. The topological polar surface area (TPSA) is 12.0 Å². The average molecular weight is 237 g/mol. The Morgan fingerprint density at radius 2 is 1.94 bits per heavy atom. The van der Waals surface area contributed by atoms with Crippen molar-refractivity contribution < 1.29 is 0 Å². The van der Waals surface area contributed by atoms with E-state index in [-0.39, 0.29) is 0 Å². The van der Waals surface area contributed by atoms with Gasteiger partial charge in [0, 0.05) is 11.7 Å². The lowest BCUT2D eigenvalue weighted by atomic mass is 9.97. The normalized spacial score (nSPS) is 17.3. The SMILES string of the molecule is Cc1ccc(C)c(CC2Cc3ccccc3N2)c1. The first-order chi connectivity index (χ1) is 8.72. The van der Waals surface area contributed by atoms with Crippen LogP contribution in [0.3, 0.4) is 0 Å².